The minimum Gasteiger partial charge on any atom is -0.486 e. The number of aromatic nitrogens is 2. The Hall–Kier alpha value is -3.83. The van der Waals surface area contributed by atoms with E-state index in [1.807, 2.05) is 54.8 Å². The number of carbonyl (C=O) groups is 1. The number of nitriles is 1. The molecule has 0 bridgehead atoms. The molecule has 2 fully saturated rings. The Bertz CT molecular complexity index is 1460. The van der Waals surface area contributed by atoms with E-state index in [0.717, 1.165) is 58.6 Å². The summed E-state index contributed by atoms with van der Waals surface area (Å²) in [5, 5.41) is 16.8. The zero-order valence-corrected chi connectivity index (χ0v) is 21.5. The molecule has 188 valence electrons. The number of carbonyl (C=O) groups excluding carboxylic acids is 1. The maximum Gasteiger partial charge on any atom is 0.411 e. The van der Waals surface area contributed by atoms with Crippen LogP contribution in [0.1, 0.15) is 55.6 Å². The Morgan fingerprint density at radius 2 is 2.03 bits per heavy atom. The molecule has 2 aliphatic rings. The van der Waals surface area contributed by atoms with Crippen LogP contribution >= 0.6 is 11.3 Å². The summed E-state index contributed by atoms with van der Waals surface area (Å²) in [5.74, 6) is 1.25. The van der Waals surface area contributed by atoms with Crippen molar-refractivity contribution in [3.8, 4) is 23.1 Å². The highest BCUT2D eigenvalue weighted by molar-refractivity contribution is 7.09. The number of rotatable bonds is 8. The van der Waals surface area contributed by atoms with Gasteiger partial charge in [-0.2, -0.15) is 5.26 Å². The molecule has 0 radical (unpaired) electrons. The van der Waals surface area contributed by atoms with E-state index in [1.54, 1.807) is 17.5 Å². The lowest BCUT2D eigenvalue weighted by molar-refractivity contribution is 0.108. The molecule has 0 aliphatic heterocycles. The fraction of sp³-hybridized carbons (Fsp3) is 0.345. The van der Waals surface area contributed by atoms with Crippen molar-refractivity contribution in [2.24, 2.45) is 5.92 Å². The normalized spacial score (nSPS) is 16.1. The van der Waals surface area contributed by atoms with E-state index in [2.05, 4.69) is 20.9 Å². The molecule has 6 rings (SSSR count). The minimum atomic E-state index is -0.432. The molecule has 8 heteroatoms. The van der Waals surface area contributed by atoms with Crippen LogP contribution < -0.4 is 10.1 Å². The zero-order chi connectivity index (χ0) is 25.4. The Morgan fingerprint density at radius 1 is 1.22 bits per heavy atom. The van der Waals surface area contributed by atoms with Crippen molar-refractivity contribution in [3.63, 3.8) is 0 Å². The van der Waals surface area contributed by atoms with Gasteiger partial charge in [0.15, 0.2) is 0 Å². The predicted molar refractivity (Wildman–Crippen MR) is 144 cm³/mol. The molecule has 2 aromatic carbocycles. The predicted octanol–water partition coefficient (Wildman–Crippen LogP) is 7.29. The number of benzene rings is 2. The van der Waals surface area contributed by atoms with Gasteiger partial charge in [0, 0.05) is 34.8 Å². The molecule has 37 heavy (non-hydrogen) atoms. The number of ether oxygens (including phenoxy) is 2. The lowest BCUT2D eigenvalue weighted by Gasteiger charge is -2.30. The van der Waals surface area contributed by atoms with Crippen LogP contribution in [0.2, 0.25) is 0 Å². The van der Waals surface area contributed by atoms with E-state index in [0.29, 0.717) is 29.8 Å². The van der Waals surface area contributed by atoms with Crippen LogP contribution in [0, 0.1) is 17.2 Å². The molecule has 2 saturated carbocycles. The van der Waals surface area contributed by atoms with Gasteiger partial charge in [-0.3, -0.25) is 5.32 Å². The maximum atomic E-state index is 12.3. The van der Waals surface area contributed by atoms with E-state index in [4.69, 9.17) is 9.47 Å². The standard InChI is InChI=1S/C29H28N4O3S/c1-18(19-5-6-19)36-29(34)32-21-9-7-20(8-10-21)28-25(16-30)24-12-11-23(35-17-27-31-13-14-37-27)15-26(24)33(28)22-3-2-4-22/h7-15,18-19,22H,2-6,17H2,1H3,(H,32,34). The van der Waals surface area contributed by atoms with Crippen molar-refractivity contribution in [3.05, 3.63) is 64.6 Å². The first-order valence-electron chi connectivity index (χ1n) is 12.8. The Balaban J connectivity index is 1.30. The lowest BCUT2D eigenvalue weighted by Crippen LogP contribution is -2.21. The second-order valence-corrected chi connectivity index (χ2v) is 10.8. The summed E-state index contributed by atoms with van der Waals surface area (Å²) in [7, 11) is 0. The van der Waals surface area contributed by atoms with E-state index in [1.165, 1.54) is 6.42 Å². The highest BCUT2D eigenvalue weighted by Gasteiger charge is 2.31. The van der Waals surface area contributed by atoms with Gasteiger partial charge in [0.2, 0.25) is 0 Å². The molecule has 0 spiro atoms. The third-order valence-electron chi connectivity index (χ3n) is 7.36. The van der Waals surface area contributed by atoms with E-state index < -0.39 is 6.09 Å². The quantitative estimate of drug-likeness (QED) is 0.268. The molecule has 1 N–H and O–H groups in total. The van der Waals surface area contributed by atoms with Crippen LogP contribution in [0.25, 0.3) is 22.2 Å². The summed E-state index contributed by atoms with van der Waals surface area (Å²) in [6.07, 6.45) is 6.86. The van der Waals surface area contributed by atoms with Gasteiger partial charge in [0.05, 0.1) is 16.8 Å². The van der Waals surface area contributed by atoms with E-state index in [-0.39, 0.29) is 6.10 Å². The first kappa shape index (κ1) is 23.6. The van der Waals surface area contributed by atoms with Gasteiger partial charge < -0.3 is 14.0 Å². The average Bonchev–Trinajstić information content (AvgIpc) is 3.51. The van der Waals surface area contributed by atoms with Crippen molar-refractivity contribution >= 4 is 34.0 Å². The van der Waals surface area contributed by atoms with Gasteiger partial charge in [0.1, 0.15) is 29.5 Å². The first-order chi connectivity index (χ1) is 18.1. The summed E-state index contributed by atoms with van der Waals surface area (Å²) >= 11 is 1.57. The number of hydrogen-bond acceptors (Lipinski definition) is 6. The summed E-state index contributed by atoms with van der Waals surface area (Å²) in [5.41, 5.74) is 4.19. The lowest BCUT2D eigenvalue weighted by atomic mass is 9.92. The topological polar surface area (TPSA) is 89.2 Å². The molecule has 0 saturated heterocycles. The van der Waals surface area contributed by atoms with Crippen molar-refractivity contribution in [2.75, 3.05) is 5.32 Å². The molecular formula is C29H28N4O3S. The molecule has 7 nitrogen and oxygen atoms in total. The van der Waals surface area contributed by atoms with Gasteiger partial charge in [-0.15, -0.1) is 11.3 Å². The SMILES string of the molecule is CC(OC(=O)Nc1ccc(-c2c(C#N)c3ccc(OCc4nccs4)cc3n2C2CCC2)cc1)C1CC1. The molecule has 2 heterocycles. The molecule has 2 aliphatic carbocycles. The van der Waals surface area contributed by atoms with Gasteiger partial charge in [-0.25, -0.2) is 9.78 Å². The van der Waals surface area contributed by atoms with Gasteiger partial charge in [-0.05, 0) is 74.8 Å². The summed E-state index contributed by atoms with van der Waals surface area (Å²) < 4.78 is 13.8. The van der Waals surface area contributed by atoms with Gasteiger partial charge in [0.25, 0.3) is 0 Å². The summed E-state index contributed by atoms with van der Waals surface area (Å²) in [6, 6.07) is 16.4. The minimum absolute atomic E-state index is 0.0638. The third kappa shape index (κ3) is 4.79. The largest absolute Gasteiger partial charge is 0.486 e. The highest BCUT2D eigenvalue weighted by atomic mass is 32.1. The Labute approximate surface area is 219 Å². The summed E-state index contributed by atoms with van der Waals surface area (Å²) in [4.78, 5) is 16.6. The molecule has 1 amide bonds. The number of nitrogens with zero attached hydrogens (tertiary/aromatic N) is 3. The van der Waals surface area contributed by atoms with Crippen molar-refractivity contribution in [1.82, 2.24) is 9.55 Å². The summed E-state index contributed by atoms with van der Waals surface area (Å²) in [6.45, 7) is 2.36. The van der Waals surface area contributed by atoms with Gasteiger partial charge in [-0.1, -0.05) is 12.1 Å². The number of anilines is 1. The maximum absolute atomic E-state index is 12.3. The van der Waals surface area contributed by atoms with Crippen LogP contribution in [-0.4, -0.2) is 21.7 Å². The number of nitrogens with one attached hydrogen (secondary N) is 1. The molecular weight excluding hydrogens is 484 g/mol. The van der Waals surface area contributed by atoms with E-state index in [9.17, 15) is 10.1 Å². The second kappa shape index (κ2) is 9.91. The smallest absolute Gasteiger partial charge is 0.411 e. The Morgan fingerprint density at radius 3 is 2.68 bits per heavy atom. The Kier molecular flexibility index (Phi) is 6.31. The van der Waals surface area contributed by atoms with Crippen molar-refractivity contribution in [1.29, 1.82) is 5.26 Å². The molecule has 1 atom stereocenters. The van der Waals surface area contributed by atoms with Crippen molar-refractivity contribution < 1.29 is 14.3 Å². The van der Waals surface area contributed by atoms with Crippen molar-refractivity contribution in [2.45, 2.75) is 57.8 Å². The molecule has 2 aromatic heterocycles. The number of amides is 1. The fourth-order valence-electron chi connectivity index (χ4n) is 4.96. The number of thiazole rings is 1. The fourth-order valence-corrected chi connectivity index (χ4v) is 5.49. The van der Waals surface area contributed by atoms with Crippen LogP contribution in [0.5, 0.6) is 5.75 Å². The van der Waals surface area contributed by atoms with Gasteiger partial charge >= 0.3 is 6.09 Å². The van der Waals surface area contributed by atoms with Crippen LogP contribution in [0.15, 0.2) is 54.0 Å². The third-order valence-corrected chi connectivity index (χ3v) is 8.11. The van der Waals surface area contributed by atoms with Crippen LogP contribution in [0.3, 0.4) is 0 Å². The first-order valence-corrected chi connectivity index (χ1v) is 13.7. The zero-order valence-electron chi connectivity index (χ0n) is 20.6. The number of hydrogen-bond donors (Lipinski definition) is 1. The molecule has 1 unspecified atom stereocenters. The second-order valence-electron chi connectivity index (χ2n) is 9.83. The van der Waals surface area contributed by atoms with E-state index >= 15 is 0 Å². The monoisotopic (exact) mass is 512 g/mol. The average molecular weight is 513 g/mol. The van der Waals surface area contributed by atoms with Crippen LogP contribution in [-0.2, 0) is 11.3 Å². The number of fused-ring (bicyclic) bond motifs is 1. The van der Waals surface area contributed by atoms with Crippen LogP contribution in [0.4, 0.5) is 10.5 Å². The highest BCUT2D eigenvalue weighted by Crippen LogP contribution is 2.43. The molecule has 4 aromatic rings.